The van der Waals surface area contributed by atoms with Crippen LogP contribution in [0.4, 0.5) is 5.88 Å². The van der Waals surface area contributed by atoms with Gasteiger partial charge in [0.05, 0.1) is 7.11 Å². The lowest BCUT2D eigenvalue weighted by molar-refractivity contribution is -0.104. The van der Waals surface area contributed by atoms with Crippen LogP contribution in [0.3, 0.4) is 0 Å². The molecule has 0 aliphatic heterocycles. The van der Waals surface area contributed by atoms with E-state index < -0.39 is 5.97 Å². The highest BCUT2D eigenvalue weighted by Crippen LogP contribution is 2.19. The molecule has 2 N–H and O–H groups in total. The molecule has 0 fully saturated rings. The van der Waals surface area contributed by atoms with Gasteiger partial charge in [-0.25, -0.2) is 4.79 Å². The first-order valence-corrected chi connectivity index (χ1v) is 3.78. The molecule has 5 heteroatoms. The molecule has 5 nitrogen and oxygen atoms in total. The molecule has 0 aliphatic carbocycles. The Balaban J connectivity index is 2.98. The summed E-state index contributed by atoms with van der Waals surface area (Å²) in [6.45, 7) is 0. The van der Waals surface area contributed by atoms with Crippen LogP contribution in [0.25, 0.3) is 6.08 Å². The summed E-state index contributed by atoms with van der Waals surface area (Å²) < 4.78 is 9.43. The van der Waals surface area contributed by atoms with Crippen LogP contribution >= 0.6 is 0 Å². The second kappa shape index (κ2) is 4.27. The van der Waals surface area contributed by atoms with E-state index in [9.17, 15) is 9.59 Å². The van der Waals surface area contributed by atoms with Crippen molar-refractivity contribution in [3.05, 3.63) is 23.5 Å². The van der Waals surface area contributed by atoms with Gasteiger partial charge in [0, 0.05) is 6.07 Å². The van der Waals surface area contributed by atoms with Crippen LogP contribution < -0.4 is 5.73 Å². The third-order valence-corrected chi connectivity index (χ3v) is 1.52. The molecular formula is C9H9NO4. The Morgan fingerprint density at radius 1 is 1.64 bits per heavy atom. The number of aldehydes is 1. The summed E-state index contributed by atoms with van der Waals surface area (Å²) in [5.74, 6) is -0.269. The number of hydrogen-bond donors (Lipinski definition) is 1. The molecule has 74 valence electrons. The Kier molecular flexibility index (Phi) is 3.06. The topological polar surface area (TPSA) is 82.5 Å². The Morgan fingerprint density at radius 2 is 2.36 bits per heavy atom. The third-order valence-electron chi connectivity index (χ3n) is 1.52. The minimum absolute atomic E-state index is 0.0256. The van der Waals surface area contributed by atoms with Gasteiger partial charge in [-0.3, -0.25) is 4.79 Å². The molecule has 0 bridgehead atoms. The molecular weight excluding hydrogens is 186 g/mol. The zero-order valence-corrected chi connectivity index (χ0v) is 7.52. The summed E-state index contributed by atoms with van der Waals surface area (Å²) in [7, 11) is 1.25. The molecule has 14 heavy (non-hydrogen) atoms. The van der Waals surface area contributed by atoms with E-state index in [-0.39, 0.29) is 11.4 Å². The van der Waals surface area contributed by atoms with E-state index in [1.807, 2.05) is 0 Å². The van der Waals surface area contributed by atoms with Gasteiger partial charge in [0.25, 0.3) is 0 Å². The molecule has 0 spiro atoms. The smallest absolute Gasteiger partial charge is 0.343 e. The number of nitrogens with two attached hydrogens (primary N) is 1. The Morgan fingerprint density at radius 3 is 2.93 bits per heavy atom. The number of methoxy groups -OCH3 is 1. The molecule has 0 aromatic carbocycles. The highest BCUT2D eigenvalue weighted by molar-refractivity contribution is 5.94. The van der Waals surface area contributed by atoms with Crippen molar-refractivity contribution in [1.29, 1.82) is 0 Å². The summed E-state index contributed by atoms with van der Waals surface area (Å²) in [6, 6.07) is 1.40. The molecule has 1 heterocycles. The molecule has 1 aromatic rings. The van der Waals surface area contributed by atoms with Gasteiger partial charge < -0.3 is 14.9 Å². The van der Waals surface area contributed by atoms with Gasteiger partial charge in [0.1, 0.15) is 17.6 Å². The third kappa shape index (κ3) is 2.01. The van der Waals surface area contributed by atoms with Crippen LogP contribution in [-0.4, -0.2) is 19.4 Å². The Bertz CT molecular complexity index is 378. The van der Waals surface area contributed by atoms with Crippen molar-refractivity contribution in [3.63, 3.8) is 0 Å². The molecule has 1 aromatic heterocycles. The van der Waals surface area contributed by atoms with Crippen molar-refractivity contribution in [2.45, 2.75) is 0 Å². The zero-order valence-electron chi connectivity index (χ0n) is 7.52. The van der Waals surface area contributed by atoms with Crippen LogP contribution in [0, 0.1) is 0 Å². The monoisotopic (exact) mass is 195 g/mol. The van der Waals surface area contributed by atoms with Crippen LogP contribution in [0.15, 0.2) is 16.6 Å². The minimum atomic E-state index is -0.572. The fraction of sp³-hybridized carbons (Fsp3) is 0.111. The molecule has 0 saturated carbocycles. The number of hydrogen-bond acceptors (Lipinski definition) is 5. The number of rotatable bonds is 3. The predicted octanol–water partition coefficient (Wildman–Crippen LogP) is 0.861. The Labute approximate surface area is 80.1 Å². The lowest BCUT2D eigenvalue weighted by Crippen LogP contribution is -2.02. The fourth-order valence-electron chi connectivity index (χ4n) is 0.911. The molecule has 0 aliphatic rings. The second-order valence-electron chi connectivity index (χ2n) is 2.41. The maximum absolute atomic E-state index is 11.1. The van der Waals surface area contributed by atoms with Gasteiger partial charge in [-0.2, -0.15) is 0 Å². The van der Waals surface area contributed by atoms with E-state index in [2.05, 4.69) is 4.74 Å². The van der Waals surface area contributed by atoms with Gasteiger partial charge in [-0.05, 0) is 12.2 Å². The van der Waals surface area contributed by atoms with Crippen LogP contribution in [-0.2, 0) is 9.53 Å². The van der Waals surface area contributed by atoms with E-state index >= 15 is 0 Å². The van der Waals surface area contributed by atoms with E-state index in [1.165, 1.54) is 25.3 Å². The lowest BCUT2D eigenvalue weighted by atomic mass is 10.3. The number of carbonyl (C=O) groups excluding carboxylic acids is 2. The van der Waals surface area contributed by atoms with Gasteiger partial charge in [0.2, 0.25) is 5.88 Å². The zero-order chi connectivity index (χ0) is 10.6. The summed E-state index contributed by atoms with van der Waals surface area (Å²) >= 11 is 0. The summed E-state index contributed by atoms with van der Waals surface area (Å²) in [5, 5.41) is 0. The number of carbonyl (C=O) groups is 2. The van der Waals surface area contributed by atoms with Crippen molar-refractivity contribution in [3.8, 4) is 0 Å². The molecule has 0 radical (unpaired) electrons. The number of anilines is 1. The SMILES string of the molecule is COC(=O)c1cc(/C=C/C=O)oc1N. The molecule has 1 rings (SSSR count). The highest BCUT2D eigenvalue weighted by atomic mass is 16.5. The molecule has 0 saturated heterocycles. The van der Waals surface area contributed by atoms with Crippen LogP contribution in [0.1, 0.15) is 16.1 Å². The van der Waals surface area contributed by atoms with E-state index in [0.29, 0.717) is 12.0 Å². The Hall–Kier alpha value is -2.04. The van der Waals surface area contributed by atoms with Crippen molar-refractivity contribution in [2.75, 3.05) is 12.8 Å². The number of allylic oxidation sites excluding steroid dienone is 1. The summed E-state index contributed by atoms with van der Waals surface area (Å²) in [4.78, 5) is 21.1. The molecule has 0 atom stereocenters. The predicted molar refractivity (Wildman–Crippen MR) is 49.6 cm³/mol. The highest BCUT2D eigenvalue weighted by Gasteiger charge is 2.14. The quantitative estimate of drug-likeness (QED) is 0.439. The number of furan rings is 1. The second-order valence-corrected chi connectivity index (χ2v) is 2.41. The maximum Gasteiger partial charge on any atom is 0.343 e. The largest absolute Gasteiger partial charge is 0.465 e. The minimum Gasteiger partial charge on any atom is -0.465 e. The van der Waals surface area contributed by atoms with Crippen molar-refractivity contribution in [1.82, 2.24) is 0 Å². The van der Waals surface area contributed by atoms with Gasteiger partial charge in [-0.15, -0.1) is 0 Å². The first-order chi connectivity index (χ1) is 6.69. The fourth-order valence-corrected chi connectivity index (χ4v) is 0.911. The average molecular weight is 195 g/mol. The van der Waals surface area contributed by atoms with E-state index in [4.69, 9.17) is 10.2 Å². The number of nitrogen functional groups attached to an aromatic ring is 1. The maximum atomic E-state index is 11.1. The standard InChI is InChI=1S/C9H9NO4/c1-13-9(12)7-5-6(3-2-4-11)14-8(7)10/h2-5H,10H2,1H3/b3-2+. The van der Waals surface area contributed by atoms with Crippen LogP contribution in [0.2, 0.25) is 0 Å². The molecule has 0 amide bonds. The van der Waals surface area contributed by atoms with Gasteiger partial charge in [-0.1, -0.05) is 0 Å². The van der Waals surface area contributed by atoms with Gasteiger partial charge in [0.15, 0.2) is 0 Å². The van der Waals surface area contributed by atoms with Crippen LogP contribution in [0.5, 0.6) is 0 Å². The molecule has 0 unspecified atom stereocenters. The van der Waals surface area contributed by atoms with E-state index in [1.54, 1.807) is 0 Å². The first kappa shape index (κ1) is 10.0. The van der Waals surface area contributed by atoms with Crippen molar-refractivity contribution < 1.29 is 18.7 Å². The average Bonchev–Trinajstić information content (AvgIpc) is 2.55. The summed E-state index contributed by atoms with van der Waals surface area (Å²) in [5.41, 5.74) is 5.55. The summed E-state index contributed by atoms with van der Waals surface area (Å²) in [6.07, 6.45) is 3.23. The van der Waals surface area contributed by atoms with Gasteiger partial charge >= 0.3 is 5.97 Å². The number of ether oxygens (including phenoxy) is 1. The lowest BCUT2D eigenvalue weighted by Gasteiger charge is -1.93. The first-order valence-electron chi connectivity index (χ1n) is 3.78. The van der Waals surface area contributed by atoms with Crippen molar-refractivity contribution >= 4 is 24.2 Å². The van der Waals surface area contributed by atoms with E-state index in [0.717, 1.165) is 0 Å². The normalized spacial score (nSPS) is 10.4. The van der Waals surface area contributed by atoms with Crippen molar-refractivity contribution in [2.24, 2.45) is 0 Å². The number of esters is 1.